The number of carbonyl (C=O) groups excluding carboxylic acids is 2. The first-order chi connectivity index (χ1) is 10.8. The van der Waals surface area contributed by atoms with E-state index in [0.717, 1.165) is 45.1 Å². The van der Waals surface area contributed by atoms with E-state index in [1.807, 2.05) is 25.7 Å². The number of rotatable bonds is 8. The number of unbranched alkanes of at least 4 members (excludes halogenated alkanes) is 4. The van der Waals surface area contributed by atoms with Gasteiger partial charge in [0, 0.05) is 32.1 Å². The summed E-state index contributed by atoms with van der Waals surface area (Å²) >= 11 is 0. The molecule has 2 amide bonds. The van der Waals surface area contributed by atoms with Crippen molar-refractivity contribution in [3.05, 3.63) is 0 Å². The third kappa shape index (κ3) is 9.43. The Balaban J connectivity index is 1.95. The maximum atomic E-state index is 11.7. The molecule has 1 atom stereocenters. The van der Waals surface area contributed by atoms with E-state index in [1.54, 1.807) is 0 Å². The Bertz CT molecular complexity index is 380. The van der Waals surface area contributed by atoms with Crippen molar-refractivity contribution in [3.8, 4) is 0 Å². The Hall–Kier alpha value is -1.30. The van der Waals surface area contributed by atoms with Gasteiger partial charge in [-0.3, -0.25) is 4.79 Å². The molecule has 0 spiro atoms. The van der Waals surface area contributed by atoms with Gasteiger partial charge in [-0.15, -0.1) is 0 Å². The summed E-state index contributed by atoms with van der Waals surface area (Å²) in [6.45, 7) is 7.74. The summed E-state index contributed by atoms with van der Waals surface area (Å²) in [6.07, 6.45) is 6.33. The van der Waals surface area contributed by atoms with Crippen LogP contribution in [-0.4, -0.2) is 48.2 Å². The van der Waals surface area contributed by atoms with Gasteiger partial charge in [-0.05, 0) is 40.0 Å². The first-order valence-electron chi connectivity index (χ1n) is 8.78. The molecule has 6 nitrogen and oxygen atoms in total. The molecule has 0 radical (unpaired) electrons. The quantitative estimate of drug-likeness (QED) is 0.671. The highest BCUT2D eigenvalue weighted by Gasteiger charge is 2.22. The van der Waals surface area contributed by atoms with Crippen LogP contribution in [0.4, 0.5) is 4.79 Å². The number of hydrogen-bond donors (Lipinski definition) is 2. The molecule has 134 valence electrons. The SMILES string of the molecule is CC(C)(C)OC(=O)NCCCCCCCN1CC(N)CCC1=O. The molecule has 1 aliphatic rings. The Labute approximate surface area is 140 Å². The van der Waals surface area contributed by atoms with E-state index in [9.17, 15) is 9.59 Å². The van der Waals surface area contributed by atoms with Gasteiger partial charge in [0.2, 0.25) is 5.91 Å². The molecule has 0 saturated carbocycles. The molecular formula is C17H33N3O3. The van der Waals surface area contributed by atoms with E-state index in [2.05, 4.69) is 5.32 Å². The zero-order valence-electron chi connectivity index (χ0n) is 14.9. The lowest BCUT2D eigenvalue weighted by atomic mass is 10.1. The molecule has 0 aliphatic carbocycles. The molecule has 1 unspecified atom stereocenters. The van der Waals surface area contributed by atoms with Crippen molar-refractivity contribution >= 4 is 12.0 Å². The Morgan fingerprint density at radius 3 is 2.61 bits per heavy atom. The molecule has 23 heavy (non-hydrogen) atoms. The van der Waals surface area contributed by atoms with Crippen LogP contribution in [0, 0.1) is 0 Å². The molecule has 3 N–H and O–H groups in total. The third-order valence-electron chi connectivity index (χ3n) is 3.81. The predicted molar refractivity (Wildman–Crippen MR) is 91.1 cm³/mol. The van der Waals surface area contributed by atoms with Crippen molar-refractivity contribution in [1.29, 1.82) is 0 Å². The van der Waals surface area contributed by atoms with Crippen molar-refractivity contribution in [2.75, 3.05) is 19.6 Å². The lowest BCUT2D eigenvalue weighted by Gasteiger charge is -2.30. The van der Waals surface area contributed by atoms with Crippen LogP contribution >= 0.6 is 0 Å². The summed E-state index contributed by atoms with van der Waals surface area (Å²) in [5, 5.41) is 2.76. The molecule has 1 saturated heterocycles. The van der Waals surface area contributed by atoms with E-state index in [0.29, 0.717) is 19.5 Å². The summed E-state index contributed by atoms with van der Waals surface area (Å²) in [5.74, 6) is 0.244. The second-order valence-electron chi connectivity index (χ2n) is 7.33. The van der Waals surface area contributed by atoms with Gasteiger partial charge in [-0.2, -0.15) is 0 Å². The Morgan fingerprint density at radius 2 is 1.91 bits per heavy atom. The summed E-state index contributed by atoms with van der Waals surface area (Å²) in [7, 11) is 0. The topological polar surface area (TPSA) is 84.7 Å². The van der Waals surface area contributed by atoms with Crippen LogP contribution in [0.3, 0.4) is 0 Å². The minimum Gasteiger partial charge on any atom is -0.444 e. The van der Waals surface area contributed by atoms with Gasteiger partial charge >= 0.3 is 6.09 Å². The average Bonchev–Trinajstić information content (AvgIpc) is 2.43. The van der Waals surface area contributed by atoms with Gasteiger partial charge in [0.15, 0.2) is 0 Å². The van der Waals surface area contributed by atoms with Crippen LogP contribution in [-0.2, 0) is 9.53 Å². The minimum absolute atomic E-state index is 0.145. The van der Waals surface area contributed by atoms with Crippen molar-refractivity contribution in [1.82, 2.24) is 10.2 Å². The molecule has 0 aromatic heterocycles. The highest BCUT2D eigenvalue weighted by atomic mass is 16.6. The number of nitrogens with zero attached hydrogens (tertiary/aromatic N) is 1. The molecule has 1 fully saturated rings. The van der Waals surface area contributed by atoms with E-state index in [-0.39, 0.29) is 18.0 Å². The molecular weight excluding hydrogens is 294 g/mol. The van der Waals surface area contributed by atoms with Gasteiger partial charge in [0.1, 0.15) is 5.60 Å². The fourth-order valence-electron chi connectivity index (χ4n) is 2.62. The second-order valence-corrected chi connectivity index (χ2v) is 7.33. The highest BCUT2D eigenvalue weighted by molar-refractivity contribution is 5.77. The lowest BCUT2D eigenvalue weighted by molar-refractivity contribution is -0.133. The number of alkyl carbamates (subject to hydrolysis) is 1. The Morgan fingerprint density at radius 1 is 1.26 bits per heavy atom. The van der Waals surface area contributed by atoms with E-state index < -0.39 is 5.60 Å². The minimum atomic E-state index is -0.446. The van der Waals surface area contributed by atoms with Crippen molar-refractivity contribution in [2.45, 2.75) is 77.4 Å². The van der Waals surface area contributed by atoms with Gasteiger partial charge in [-0.25, -0.2) is 4.79 Å². The number of piperidine rings is 1. The normalized spacial score (nSPS) is 18.9. The maximum Gasteiger partial charge on any atom is 0.407 e. The summed E-state index contributed by atoms with van der Waals surface area (Å²) in [5.41, 5.74) is 5.45. The number of hydrogen-bond acceptors (Lipinski definition) is 4. The first kappa shape index (κ1) is 19.7. The van der Waals surface area contributed by atoms with Crippen LogP contribution in [0.1, 0.15) is 65.7 Å². The van der Waals surface area contributed by atoms with Gasteiger partial charge in [0.05, 0.1) is 0 Å². The smallest absolute Gasteiger partial charge is 0.407 e. The number of nitrogens with one attached hydrogen (secondary N) is 1. The largest absolute Gasteiger partial charge is 0.444 e. The molecule has 0 bridgehead atoms. The number of nitrogens with two attached hydrogens (primary N) is 1. The van der Waals surface area contributed by atoms with Gasteiger partial charge in [0.25, 0.3) is 0 Å². The van der Waals surface area contributed by atoms with Gasteiger partial charge < -0.3 is 20.7 Å². The third-order valence-corrected chi connectivity index (χ3v) is 3.81. The van der Waals surface area contributed by atoms with Crippen LogP contribution in [0.15, 0.2) is 0 Å². The zero-order valence-corrected chi connectivity index (χ0v) is 14.9. The van der Waals surface area contributed by atoms with E-state index in [1.165, 1.54) is 0 Å². The van der Waals surface area contributed by atoms with Crippen molar-refractivity contribution < 1.29 is 14.3 Å². The number of amides is 2. The van der Waals surface area contributed by atoms with Gasteiger partial charge in [-0.1, -0.05) is 19.3 Å². The fraction of sp³-hybridized carbons (Fsp3) is 0.882. The summed E-state index contributed by atoms with van der Waals surface area (Å²) in [6, 6.07) is 0.145. The summed E-state index contributed by atoms with van der Waals surface area (Å²) in [4.78, 5) is 25.1. The van der Waals surface area contributed by atoms with E-state index in [4.69, 9.17) is 10.5 Å². The molecule has 1 rings (SSSR count). The van der Waals surface area contributed by atoms with Crippen LogP contribution < -0.4 is 11.1 Å². The van der Waals surface area contributed by atoms with E-state index >= 15 is 0 Å². The predicted octanol–water partition coefficient (Wildman–Crippen LogP) is 2.41. The van der Waals surface area contributed by atoms with Crippen LogP contribution in [0.5, 0.6) is 0 Å². The van der Waals surface area contributed by atoms with Crippen LogP contribution in [0.2, 0.25) is 0 Å². The number of carbonyl (C=O) groups is 2. The number of likely N-dealkylation sites (tertiary alicyclic amines) is 1. The van der Waals surface area contributed by atoms with Crippen molar-refractivity contribution in [3.63, 3.8) is 0 Å². The lowest BCUT2D eigenvalue weighted by Crippen LogP contribution is -2.46. The zero-order chi connectivity index (χ0) is 17.3. The highest BCUT2D eigenvalue weighted by Crippen LogP contribution is 2.12. The monoisotopic (exact) mass is 327 g/mol. The molecule has 6 heteroatoms. The first-order valence-corrected chi connectivity index (χ1v) is 8.78. The molecule has 1 aliphatic heterocycles. The molecule has 1 heterocycles. The standard InChI is InChI=1S/C17H33N3O3/c1-17(2,3)23-16(22)19-11-7-5-4-6-8-12-20-13-14(18)9-10-15(20)21/h14H,4-13,18H2,1-3H3,(H,19,22). The average molecular weight is 327 g/mol. The van der Waals surface area contributed by atoms with Crippen LogP contribution in [0.25, 0.3) is 0 Å². The Kier molecular flexibility index (Phi) is 8.37. The molecule has 0 aromatic carbocycles. The maximum absolute atomic E-state index is 11.7. The molecule has 0 aromatic rings. The second kappa shape index (κ2) is 9.75. The summed E-state index contributed by atoms with van der Waals surface area (Å²) < 4.78 is 5.17. The fourth-order valence-corrected chi connectivity index (χ4v) is 2.62. The number of ether oxygens (including phenoxy) is 1. The van der Waals surface area contributed by atoms with Crippen molar-refractivity contribution in [2.24, 2.45) is 5.73 Å².